The zero-order valence-corrected chi connectivity index (χ0v) is 41.5. The van der Waals surface area contributed by atoms with E-state index in [1.54, 1.807) is 0 Å². The first-order chi connectivity index (χ1) is 31.2. The van der Waals surface area contributed by atoms with Gasteiger partial charge in [0.25, 0.3) is 0 Å². The Hall–Kier alpha value is -2.21. The van der Waals surface area contributed by atoms with Crippen LogP contribution in [0.4, 0.5) is 0 Å². The van der Waals surface area contributed by atoms with Crippen LogP contribution >= 0.6 is 0 Å². The number of benzene rings is 2. The predicted octanol–water partition coefficient (Wildman–Crippen LogP) is 17.1. The smallest absolute Gasteiger partial charge is 0.220 e. The summed E-state index contributed by atoms with van der Waals surface area (Å²) in [4.78, 5) is 13.4. The van der Waals surface area contributed by atoms with Crippen molar-refractivity contribution in [2.45, 2.75) is 283 Å². The number of hydrogen-bond acceptors (Lipinski definition) is 4. The van der Waals surface area contributed by atoms with Crippen molar-refractivity contribution in [3.8, 4) is 0 Å². The minimum atomic E-state index is -0.538. The highest BCUT2D eigenvalue weighted by atomic mass is 16.5. The first-order valence-corrected chi connectivity index (χ1v) is 27.4. The van der Waals surface area contributed by atoms with Crippen LogP contribution in [0.15, 0.2) is 60.7 Å². The van der Waals surface area contributed by atoms with Crippen LogP contribution in [-0.4, -0.2) is 35.9 Å². The van der Waals surface area contributed by atoms with Gasteiger partial charge in [-0.05, 0) is 24.0 Å². The molecule has 0 aliphatic rings. The van der Waals surface area contributed by atoms with Gasteiger partial charge in [0.1, 0.15) is 6.10 Å². The molecule has 2 N–H and O–H groups in total. The Morgan fingerprint density at radius 2 is 0.762 bits per heavy atom. The second-order valence-corrected chi connectivity index (χ2v) is 19.2. The normalized spacial score (nSPS) is 13.0. The minimum Gasteiger partial charge on any atom is -0.394 e. The maximum atomic E-state index is 13.4. The standard InChI is InChI=1S/C58H101NO4/c1-3-5-7-9-11-13-15-17-18-19-20-21-22-23-24-25-26-27-29-31-33-35-43-49-57(61)59-55(50-60)58(63-52-54-46-40-37-41-47-54)56(62-51-53-44-38-36-39-45-53)48-42-34-32-30-28-16-14-12-10-8-6-4-2/h36-41,44-47,55-56,58,60H,3-35,42-43,48-52H2,1-2H3,(H,59,61)/t55-,56+,58-/m0/s1. The third-order valence-corrected chi connectivity index (χ3v) is 13.2. The summed E-state index contributed by atoms with van der Waals surface area (Å²) in [6.45, 7) is 5.27. The van der Waals surface area contributed by atoms with Crippen molar-refractivity contribution in [1.29, 1.82) is 0 Å². The summed E-state index contributed by atoms with van der Waals surface area (Å²) in [6, 6.07) is 20.0. The predicted molar refractivity (Wildman–Crippen MR) is 271 cm³/mol. The van der Waals surface area contributed by atoms with Crippen LogP contribution in [0.3, 0.4) is 0 Å². The summed E-state index contributed by atoms with van der Waals surface area (Å²) in [5.74, 6) is -0.00182. The number of aliphatic hydroxyl groups is 1. The van der Waals surface area contributed by atoms with Crippen molar-refractivity contribution in [2.75, 3.05) is 6.61 Å². The summed E-state index contributed by atoms with van der Waals surface area (Å²) in [6.07, 6.45) is 47.5. The van der Waals surface area contributed by atoms with Crippen LogP contribution in [0.2, 0.25) is 0 Å². The highest BCUT2D eigenvalue weighted by molar-refractivity contribution is 5.76. The Labute approximate surface area is 390 Å². The molecule has 0 saturated carbocycles. The Balaban J connectivity index is 1.68. The van der Waals surface area contributed by atoms with Gasteiger partial charge < -0.3 is 19.9 Å². The van der Waals surface area contributed by atoms with Crippen molar-refractivity contribution < 1.29 is 19.4 Å². The third kappa shape index (κ3) is 33.9. The molecule has 3 atom stereocenters. The van der Waals surface area contributed by atoms with Gasteiger partial charge in [-0.25, -0.2) is 0 Å². The van der Waals surface area contributed by atoms with Crippen molar-refractivity contribution in [2.24, 2.45) is 0 Å². The number of ether oxygens (including phenoxy) is 2. The molecule has 2 rings (SSSR count). The van der Waals surface area contributed by atoms with Crippen molar-refractivity contribution >= 4 is 5.91 Å². The summed E-state index contributed by atoms with van der Waals surface area (Å²) in [5.41, 5.74) is 2.19. The second kappa shape index (κ2) is 43.7. The van der Waals surface area contributed by atoms with E-state index in [2.05, 4.69) is 43.4 Å². The van der Waals surface area contributed by atoms with Gasteiger partial charge in [-0.1, -0.05) is 293 Å². The van der Waals surface area contributed by atoms with E-state index in [4.69, 9.17) is 9.47 Å². The molecule has 1 amide bonds. The molecule has 0 aliphatic carbocycles. The van der Waals surface area contributed by atoms with Crippen LogP contribution in [0.1, 0.15) is 263 Å². The number of carbonyl (C=O) groups excluding carboxylic acids is 1. The van der Waals surface area contributed by atoms with Crippen molar-refractivity contribution in [3.05, 3.63) is 71.8 Å². The molecule has 0 fully saturated rings. The first kappa shape index (κ1) is 56.9. The lowest BCUT2D eigenvalue weighted by Crippen LogP contribution is -2.52. The fourth-order valence-corrected chi connectivity index (χ4v) is 9.14. The monoisotopic (exact) mass is 876 g/mol. The number of amides is 1. The Bertz CT molecular complexity index is 1220. The molecule has 0 aromatic heterocycles. The minimum absolute atomic E-state index is 0.00182. The highest BCUT2D eigenvalue weighted by Gasteiger charge is 2.32. The Kier molecular flexibility index (Phi) is 39.5. The number of hydrogen-bond donors (Lipinski definition) is 2. The highest BCUT2D eigenvalue weighted by Crippen LogP contribution is 2.22. The third-order valence-electron chi connectivity index (χ3n) is 13.2. The largest absolute Gasteiger partial charge is 0.394 e. The molecule has 362 valence electrons. The quantitative estimate of drug-likeness (QED) is 0.0650. The molecule has 0 radical (unpaired) electrons. The molecule has 0 aliphatic heterocycles. The molecule has 0 spiro atoms. The van der Waals surface area contributed by atoms with Crippen molar-refractivity contribution in [1.82, 2.24) is 5.32 Å². The van der Waals surface area contributed by atoms with E-state index in [1.165, 1.54) is 199 Å². The van der Waals surface area contributed by atoms with E-state index in [0.29, 0.717) is 19.6 Å². The molecule has 2 aromatic rings. The molecule has 63 heavy (non-hydrogen) atoms. The Morgan fingerprint density at radius 1 is 0.444 bits per heavy atom. The molecule has 0 saturated heterocycles. The van der Waals surface area contributed by atoms with Crippen molar-refractivity contribution in [3.63, 3.8) is 0 Å². The molecular weight excluding hydrogens is 775 g/mol. The summed E-state index contributed by atoms with van der Waals surface area (Å²) in [7, 11) is 0. The topological polar surface area (TPSA) is 67.8 Å². The fraction of sp³-hybridized carbons (Fsp3) is 0.776. The van der Waals surface area contributed by atoms with Gasteiger partial charge in [-0.15, -0.1) is 0 Å². The summed E-state index contributed by atoms with van der Waals surface area (Å²) in [5, 5.41) is 14.0. The average molecular weight is 876 g/mol. The first-order valence-electron chi connectivity index (χ1n) is 27.4. The van der Waals surface area contributed by atoms with E-state index < -0.39 is 12.1 Å². The number of rotatable bonds is 47. The van der Waals surface area contributed by atoms with Crippen LogP contribution < -0.4 is 5.32 Å². The SMILES string of the molecule is CCCCCCCCCCCCCCCCCCCCCCCCCC(=O)N[C@@H](CO)[C@H](OCc1ccccc1)[C@@H](CCCCCCCCCCCCCC)OCc1ccccc1. The lowest BCUT2D eigenvalue weighted by molar-refractivity contribution is -0.130. The van der Waals surface area contributed by atoms with Gasteiger partial charge in [-0.2, -0.15) is 0 Å². The lowest BCUT2D eigenvalue weighted by atomic mass is 9.98. The molecule has 0 heterocycles. The van der Waals surface area contributed by atoms with Crippen LogP contribution in [0, 0.1) is 0 Å². The van der Waals surface area contributed by atoms with Gasteiger partial charge in [0.15, 0.2) is 0 Å². The fourth-order valence-electron chi connectivity index (χ4n) is 9.14. The van der Waals surface area contributed by atoms with Crippen LogP contribution in [-0.2, 0) is 27.5 Å². The average Bonchev–Trinajstić information content (AvgIpc) is 3.31. The maximum Gasteiger partial charge on any atom is 0.220 e. The Morgan fingerprint density at radius 3 is 1.11 bits per heavy atom. The zero-order valence-electron chi connectivity index (χ0n) is 41.5. The molecule has 2 aromatic carbocycles. The second-order valence-electron chi connectivity index (χ2n) is 19.2. The maximum absolute atomic E-state index is 13.4. The van der Waals surface area contributed by atoms with E-state index in [9.17, 15) is 9.90 Å². The molecule has 5 nitrogen and oxygen atoms in total. The van der Waals surface area contributed by atoms with Gasteiger partial charge in [0, 0.05) is 6.42 Å². The summed E-state index contributed by atoms with van der Waals surface area (Å²) >= 11 is 0. The van der Waals surface area contributed by atoms with E-state index in [0.717, 1.165) is 43.2 Å². The molecule has 0 bridgehead atoms. The number of unbranched alkanes of at least 4 members (excludes halogenated alkanes) is 33. The van der Waals surface area contributed by atoms with E-state index in [-0.39, 0.29) is 18.6 Å². The van der Waals surface area contributed by atoms with E-state index in [1.807, 2.05) is 36.4 Å². The van der Waals surface area contributed by atoms with Crippen LogP contribution in [0.25, 0.3) is 0 Å². The lowest BCUT2D eigenvalue weighted by Gasteiger charge is -2.33. The number of aliphatic hydroxyl groups excluding tert-OH is 1. The van der Waals surface area contributed by atoms with Gasteiger partial charge in [0.2, 0.25) is 5.91 Å². The number of carbonyl (C=O) groups is 1. The van der Waals surface area contributed by atoms with E-state index >= 15 is 0 Å². The molecule has 0 unspecified atom stereocenters. The number of nitrogens with one attached hydrogen (secondary N) is 1. The molecular formula is C58H101NO4. The van der Waals surface area contributed by atoms with Gasteiger partial charge >= 0.3 is 0 Å². The van der Waals surface area contributed by atoms with Gasteiger partial charge in [0.05, 0.1) is 32.0 Å². The van der Waals surface area contributed by atoms with Gasteiger partial charge in [-0.3, -0.25) is 4.79 Å². The van der Waals surface area contributed by atoms with Crippen LogP contribution in [0.5, 0.6) is 0 Å². The zero-order chi connectivity index (χ0) is 44.9. The molecule has 5 heteroatoms. The summed E-state index contributed by atoms with van der Waals surface area (Å²) < 4.78 is 13.3.